The van der Waals surface area contributed by atoms with Gasteiger partial charge in [0.05, 0.1) is 0 Å². The molecule has 0 bridgehead atoms. The molecular formula is C60H48N18Tm2. The van der Waals surface area contributed by atoms with Crippen LogP contribution >= 0.6 is 0 Å². The van der Waals surface area contributed by atoms with Gasteiger partial charge in [-0.1, -0.05) is 146 Å². The van der Waals surface area contributed by atoms with Crippen LogP contribution in [-0.2, 0) is 0 Å². The van der Waals surface area contributed by atoms with Crippen molar-refractivity contribution in [2.24, 2.45) is 0 Å². The minimum absolute atomic E-state index is 0. The molecule has 0 spiro atoms. The first kappa shape index (κ1) is 61.9. The molecule has 0 saturated carbocycles. The van der Waals surface area contributed by atoms with E-state index in [0.717, 1.165) is 0 Å². The van der Waals surface area contributed by atoms with E-state index in [2.05, 4.69) is 91.7 Å². The second kappa shape index (κ2) is 38.6. The van der Waals surface area contributed by atoms with Gasteiger partial charge in [0.25, 0.3) is 0 Å². The Kier molecular flexibility index (Phi) is 29.9. The molecule has 12 aromatic rings. The molecule has 404 valence electrons. The number of nitrogens with zero attached hydrogens (tertiary/aromatic N) is 18. The van der Waals surface area contributed by atoms with Gasteiger partial charge in [-0.05, 0) is 147 Å². The molecule has 0 fully saturated rings. The number of hydrogen-bond acceptors (Lipinski definition) is 12. The molecule has 18 nitrogen and oxygen atoms in total. The summed E-state index contributed by atoms with van der Waals surface area (Å²) < 4.78 is 0. The van der Waals surface area contributed by atoms with Crippen LogP contribution in [0, 0.1) is 73.7 Å². The van der Waals surface area contributed by atoms with Gasteiger partial charge in [0.2, 0.25) is 0 Å². The van der Waals surface area contributed by atoms with Crippen molar-refractivity contribution in [3.63, 3.8) is 0 Å². The first-order valence-electron chi connectivity index (χ1n) is 23.9. The van der Waals surface area contributed by atoms with Crippen molar-refractivity contribution in [1.29, 1.82) is 0 Å². The second-order valence-electron chi connectivity index (χ2n) is 14.9. The van der Waals surface area contributed by atoms with Crippen molar-refractivity contribution in [2.75, 3.05) is 0 Å². The Morgan fingerprint density at radius 3 is 0.287 bits per heavy atom. The van der Waals surface area contributed by atoms with Crippen LogP contribution in [0.15, 0.2) is 293 Å². The van der Waals surface area contributed by atoms with Gasteiger partial charge in [-0.2, -0.15) is 0 Å². The Hall–Kier alpha value is -8.93. The van der Waals surface area contributed by atoms with Crippen LogP contribution in [0.1, 0.15) is 0 Å². The van der Waals surface area contributed by atoms with Gasteiger partial charge in [-0.25, -0.2) is 0 Å². The fraction of sp³-hybridized carbons (Fsp3) is 0. The third-order valence-corrected chi connectivity index (χ3v) is 9.17. The summed E-state index contributed by atoms with van der Waals surface area (Å²) in [6.45, 7) is 0. The average molecular weight is 1360 g/mol. The predicted molar refractivity (Wildman–Crippen MR) is 307 cm³/mol. The topological polar surface area (TPSA) is 239 Å². The Morgan fingerprint density at radius 2 is 0.225 bits per heavy atom. The Labute approximate surface area is 523 Å². The number of pyridine rings is 12. The Bertz CT molecular complexity index is 2540. The zero-order valence-electron chi connectivity index (χ0n) is 42.3. The molecule has 0 atom stereocenters. The first-order chi connectivity index (χ1) is 38.7. The van der Waals surface area contributed by atoms with Gasteiger partial charge < -0.3 is 91.7 Å². The van der Waals surface area contributed by atoms with E-state index in [1.165, 1.54) is 0 Å². The Morgan fingerprint density at radius 1 is 0.138 bits per heavy atom. The summed E-state index contributed by atoms with van der Waals surface area (Å²) in [5, 5.41) is 25.3. The first-order valence-corrected chi connectivity index (χ1v) is 23.9. The molecule has 0 aliphatic carbocycles. The van der Waals surface area contributed by atoms with Crippen LogP contribution in [0.2, 0.25) is 0 Å². The second-order valence-corrected chi connectivity index (χ2v) is 14.9. The normalized spacial score (nSPS) is 9.30. The molecule has 20 heteroatoms. The molecule has 0 unspecified atom stereocenters. The van der Waals surface area contributed by atoms with Crippen LogP contribution in [-0.4, -0.2) is 59.8 Å². The van der Waals surface area contributed by atoms with Crippen LogP contribution in [0.5, 0.6) is 0 Å². The monoisotopic (exact) mass is 1360 g/mol. The molecule has 0 aliphatic heterocycles. The molecule has 0 radical (unpaired) electrons. The summed E-state index contributed by atoms with van der Waals surface area (Å²) in [5.74, 6) is 8.18. The molecule has 12 aromatic heterocycles. The number of hydrogen-bond donors (Lipinski definition) is 0. The van der Waals surface area contributed by atoms with Crippen molar-refractivity contribution < 1.29 is 73.7 Å². The quantitative estimate of drug-likeness (QED) is 0.111. The van der Waals surface area contributed by atoms with Crippen LogP contribution < -0.4 is 0 Å². The maximum absolute atomic E-state index is 4.22. The van der Waals surface area contributed by atoms with Gasteiger partial charge in [-0.3, -0.25) is 0 Å². The third-order valence-electron chi connectivity index (χ3n) is 9.17. The van der Waals surface area contributed by atoms with Crippen LogP contribution in [0.3, 0.4) is 0 Å². The fourth-order valence-electron chi connectivity index (χ4n) is 5.74. The smallest absolute Gasteiger partial charge is 0.369 e. The van der Waals surface area contributed by atoms with Crippen molar-refractivity contribution in [1.82, 2.24) is 59.8 Å². The molecule has 0 amide bonds. The van der Waals surface area contributed by atoms with E-state index in [1.54, 1.807) is 74.4 Å². The van der Waals surface area contributed by atoms with Gasteiger partial charge in [-0.15, -0.1) is 0 Å². The Balaban J connectivity index is 0.000000176. The van der Waals surface area contributed by atoms with Gasteiger partial charge >= 0.3 is 73.7 Å². The third kappa shape index (κ3) is 25.9. The zero-order chi connectivity index (χ0) is 53.6. The summed E-state index contributed by atoms with van der Waals surface area (Å²) >= 11 is 0. The molecule has 0 aromatic carbocycles. The molecule has 12 heterocycles. The van der Waals surface area contributed by atoms with E-state index in [0.29, 0.717) is 69.8 Å². The fourth-order valence-corrected chi connectivity index (χ4v) is 5.74. The van der Waals surface area contributed by atoms with E-state index in [9.17, 15) is 0 Å². The molecule has 12 rings (SSSR count). The molecule has 0 saturated heterocycles. The van der Waals surface area contributed by atoms with E-state index in [1.807, 2.05) is 218 Å². The number of aromatic nitrogens is 12. The maximum atomic E-state index is 4.22. The molecular weight excluding hydrogens is 1310 g/mol. The van der Waals surface area contributed by atoms with Crippen molar-refractivity contribution in [3.8, 4) is 0 Å². The summed E-state index contributed by atoms with van der Waals surface area (Å²) in [4.78, 5) is 48.8. The van der Waals surface area contributed by atoms with E-state index < -0.39 is 0 Å². The van der Waals surface area contributed by atoms with Gasteiger partial charge in [0.1, 0.15) is 0 Å². The summed E-state index contributed by atoms with van der Waals surface area (Å²) in [7, 11) is 0. The van der Waals surface area contributed by atoms with Crippen LogP contribution in [0.4, 0.5) is 69.8 Å². The summed E-state index contributed by atoms with van der Waals surface area (Å²) in [6.07, 6.45) is 20.5. The van der Waals surface area contributed by atoms with E-state index in [4.69, 9.17) is 0 Å². The summed E-state index contributed by atoms with van der Waals surface area (Å²) in [5.41, 5.74) is 0. The largest absolute Gasteiger partial charge is 3.00 e. The van der Waals surface area contributed by atoms with E-state index in [-0.39, 0.29) is 73.7 Å². The average Bonchev–Trinajstić information content (AvgIpc) is 3.51. The van der Waals surface area contributed by atoms with E-state index >= 15 is 0 Å². The summed E-state index contributed by atoms with van der Waals surface area (Å²) in [6, 6.07) is 67.2. The number of rotatable bonds is 12. The maximum Gasteiger partial charge on any atom is 3.00 e. The SMILES string of the molecule is [Tm+3].[Tm+3].c1ccc([N-]c2ccccn2)nc1.c1ccc([N-]c2ccccn2)nc1.c1ccc([N-]c2ccccn2)nc1.c1ccc([N-]c2ccccn2)nc1.c1ccc([N-]c2ccccn2)nc1.c1ccc([N-]c2ccccn2)nc1. The van der Waals surface area contributed by atoms with Crippen molar-refractivity contribution in [2.45, 2.75) is 0 Å². The zero-order valence-corrected chi connectivity index (χ0v) is 45.9. The molecule has 80 heavy (non-hydrogen) atoms. The van der Waals surface area contributed by atoms with Gasteiger partial charge in [0.15, 0.2) is 0 Å². The van der Waals surface area contributed by atoms with Crippen molar-refractivity contribution in [3.05, 3.63) is 325 Å². The predicted octanol–water partition coefficient (Wildman–Crippen LogP) is 16.9. The minimum Gasteiger partial charge on any atom is -0.369 e. The van der Waals surface area contributed by atoms with Crippen LogP contribution in [0.25, 0.3) is 31.9 Å². The standard InChI is InChI=1S/6C10H8N3.2Tm/c6*1-3-7-11-9(5-1)13-10-6-2-4-8-12-10;;/h6*1-8H;;/q6*-1;2*+3. The molecule has 0 aliphatic rings. The van der Waals surface area contributed by atoms with Crippen molar-refractivity contribution >= 4 is 69.8 Å². The minimum atomic E-state index is 0. The molecule has 0 N–H and O–H groups in total. The van der Waals surface area contributed by atoms with Gasteiger partial charge in [0, 0.05) is 69.8 Å².